The van der Waals surface area contributed by atoms with Crippen LogP contribution in [-0.2, 0) is 11.2 Å². The van der Waals surface area contributed by atoms with E-state index in [4.69, 9.17) is 10.5 Å². The number of ether oxygens (including phenoxy) is 1. The number of alkyl halides is 1. The van der Waals surface area contributed by atoms with E-state index in [9.17, 15) is 4.79 Å². The molecule has 1 aromatic carbocycles. The third-order valence-electron chi connectivity index (χ3n) is 2.44. The molecule has 1 aromatic heterocycles. The van der Waals surface area contributed by atoms with E-state index in [1.54, 1.807) is 0 Å². The van der Waals surface area contributed by atoms with E-state index >= 15 is 0 Å². The van der Waals surface area contributed by atoms with Crippen molar-refractivity contribution in [3.63, 3.8) is 0 Å². The number of para-hydroxylation sites is 1. The lowest BCUT2D eigenvalue weighted by molar-refractivity contribution is -0.120. The Morgan fingerprint density at radius 3 is 3.00 bits per heavy atom. The van der Waals surface area contributed by atoms with Gasteiger partial charge in [-0.1, -0.05) is 39.4 Å². The Kier molecular flexibility index (Phi) is 6.28. The number of nitrogen functional groups attached to an aromatic ring is 1. The van der Waals surface area contributed by atoms with Gasteiger partial charge < -0.3 is 10.5 Å². The maximum atomic E-state index is 11.7. The highest BCUT2D eigenvalue weighted by Gasteiger charge is 2.07. The van der Waals surface area contributed by atoms with Crippen LogP contribution in [0.3, 0.4) is 0 Å². The predicted molar refractivity (Wildman–Crippen MR) is 89.5 cm³/mol. The van der Waals surface area contributed by atoms with Crippen LogP contribution >= 0.6 is 27.3 Å². The van der Waals surface area contributed by atoms with Crippen LogP contribution in [0.4, 0.5) is 5.13 Å². The first kappa shape index (κ1) is 16.4. The zero-order chi connectivity index (χ0) is 15.8. The number of nitrogens with two attached hydrogens (primary N) is 1. The van der Waals surface area contributed by atoms with Gasteiger partial charge in [0.2, 0.25) is 11.0 Å². The maximum absolute atomic E-state index is 11.7. The second-order valence-corrected chi connectivity index (χ2v) is 5.97. The molecule has 0 saturated carbocycles. The summed E-state index contributed by atoms with van der Waals surface area (Å²) in [6, 6.07) is 7.44. The van der Waals surface area contributed by atoms with Gasteiger partial charge in [0, 0.05) is 10.9 Å². The molecule has 3 N–H and O–H groups in total. The molecule has 7 nitrogen and oxygen atoms in total. The van der Waals surface area contributed by atoms with Gasteiger partial charge in [-0.25, -0.2) is 5.43 Å². The smallest absolute Gasteiger partial charge is 0.247 e. The minimum Gasteiger partial charge on any atom is -0.492 e. The molecule has 0 radical (unpaired) electrons. The maximum Gasteiger partial charge on any atom is 0.247 e. The molecule has 0 saturated heterocycles. The van der Waals surface area contributed by atoms with Crippen LogP contribution in [0.5, 0.6) is 5.75 Å². The molecule has 0 aliphatic rings. The highest BCUT2D eigenvalue weighted by atomic mass is 79.9. The summed E-state index contributed by atoms with van der Waals surface area (Å²) in [6.45, 7) is 0.551. The van der Waals surface area contributed by atoms with Gasteiger partial charge in [-0.15, -0.1) is 10.2 Å². The molecule has 0 aliphatic heterocycles. The lowest BCUT2D eigenvalue weighted by atomic mass is 10.2. The van der Waals surface area contributed by atoms with Crippen molar-refractivity contribution in [3.8, 4) is 5.75 Å². The molecule has 0 unspecified atom stereocenters. The predicted octanol–water partition coefficient (Wildman–Crippen LogP) is 1.59. The second kappa shape index (κ2) is 8.44. The molecule has 0 atom stereocenters. The van der Waals surface area contributed by atoms with Crippen LogP contribution in [0.1, 0.15) is 10.6 Å². The summed E-state index contributed by atoms with van der Waals surface area (Å²) < 4.78 is 5.56. The van der Waals surface area contributed by atoms with Crippen LogP contribution in [0.2, 0.25) is 0 Å². The van der Waals surface area contributed by atoms with Crippen molar-refractivity contribution < 1.29 is 9.53 Å². The molecular weight excluding hydrogens is 370 g/mol. The number of hydrogen-bond acceptors (Lipinski definition) is 7. The molecule has 22 heavy (non-hydrogen) atoms. The third-order valence-corrected chi connectivity index (χ3v) is 3.52. The average Bonchev–Trinajstić information content (AvgIpc) is 2.91. The fraction of sp³-hybridized carbons (Fsp3) is 0.231. The van der Waals surface area contributed by atoms with Crippen molar-refractivity contribution in [2.24, 2.45) is 5.10 Å². The number of aromatic nitrogens is 2. The summed E-state index contributed by atoms with van der Waals surface area (Å²) in [5.74, 6) is 0.420. The Labute approximate surface area is 139 Å². The highest BCUT2D eigenvalue weighted by molar-refractivity contribution is 9.09. The average molecular weight is 384 g/mol. The standard InChI is InChI=1S/C13H14BrN5O2S/c14-5-6-21-10-4-2-1-3-9(10)8-16-17-11(20)7-12-18-19-13(15)22-12/h1-4,8H,5-7H2,(H2,15,19)(H,17,20). The van der Waals surface area contributed by atoms with Gasteiger partial charge >= 0.3 is 0 Å². The minimum absolute atomic E-state index is 0.0912. The van der Waals surface area contributed by atoms with Gasteiger partial charge in [-0.3, -0.25) is 4.79 Å². The lowest BCUT2D eigenvalue weighted by Gasteiger charge is -2.06. The zero-order valence-electron chi connectivity index (χ0n) is 11.5. The van der Waals surface area contributed by atoms with Crippen molar-refractivity contribution >= 4 is 44.5 Å². The monoisotopic (exact) mass is 383 g/mol. The van der Waals surface area contributed by atoms with E-state index in [1.165, 1.54) is 17.6 Å². The minimum atomic E-state index is -0.286. The zero-order valence-corrected chi connectivity index (χ0v) is 13.9. The van der Waals surface area contributed by atoms with Crippen LogP contribution in [0.15, 0.2) is 29.4 Å². The number of halogens is 1. The second-order valence-electron chi connectivity index (χ2n) is 4.08. The molecule has 1 amide bonds. The summed E-state index contributed by atoms with van der Waals surface area (Å²) in [7, 11) is 0. The number of amides is 1. The van der Waals surface area contributed by atoms with Crippen molar-refractivity contribution in [1.82, 2.24) is 15.6 Å². The van der Waals surface area contributed by atoms with E-state index in [2.05, 4.69) is 36.7 Å². The Hall–Kier alpha value is -2.00. The summed E-state index contributed by atoms with van der Waals surface area (Å²) in [5, 5.41) is 13.0. The molecule has 0 fully saturated rings. The van der Waals surface area contributed by atoms with E-state index in [-0.39, 0.29) is 12.3 Å². The third kappa shape index (κ3) is 5.08. The number of benzene rings is 1. The fourth-order valence-corrected chi connectivity index (χ4v) is 2.33. The first-order valence-corrected chi connectivity index (χ1v) is 8.30. The lowest BCUT2D eigenvalue weighted by Crippen LogP contribution is -2.19. The van der Waals surface area contributed by atoms with E-state index < -0.39 is 0 Å². The first-order valence-electron chi connectivity index (χ1n) is 6.36. The van der Waals surface area contributed by atoms with Gasteiger partial charge in [0.1, 0.15) is 10.8 Å². The Morgan fingerprint density at radius 2 is 2.27 bits per heavy atom. The summed E-state index contributed by atoms with van der Waals surface area (Å²) in [4.78, 5) is 11.7. The SMILES string of the molecule is Nc1nnc(CC(=O)NN=Cc2ccccc2OCCBr)s1. The molecule has 2 aromatic rings. The van der Waals surface area contributed by atoms with Crippen LogP contribution < -0.4 is 15.9 Å². The van der Waals surface area contributed by atoms with E-state index in [0.717, 1.165) is 10.9 Å². The molecule has 0 bridgehead atoms. The molecular formula is C13H14BrN5O2S. The quantitative estimate of drug-likeness (QED) is 0.429. The number of hydrazone groups is 1. The van der Waals surface area contributed by atoms with Gasteiger partial charge in [-0.05, 0) is 12.1 Å². The Morgan fingerprint density at radius 1 is 1.45 bits per heavy atom. The number of carbonyl (C=O) groups is 1. The van der Waals surface area contributed by atoms with Gasteiger partial charge in [0.25, 0.3) is 0 Å². The molecule has 2 rings (SSSR count). The van der Waals surface area contributed by atoms with E-state index in [1.807, 2.05) is 24.3 Å². The molecule has 0 aliphatic carbocycles. The van der Waals surface area contributed by atoms with Crippen molar-refractivity contribution in [1.29, 1.82) is 0 Å². The molecule has 1 heterocycles. The molecule has 116 valence electrons. The number of rotatable bonds is 7. The topological polar surface area (TPSA) is 102 Å². The Bertz CT molecular complexity index is 661. The molecule has 0 spiro atoms. The van der Waals surface area contributed by atoms with Crippen molar-refractivity contribution in [2.45, 2.75) is 6.42 Å². The van der Waals surface area contributed by atoms with E-state index in [0.29, 0.717) is 22.5 Å². The number of anilines is 1. The number of hydrogen-bond donors (Lipinski definition) is 2. The number of nitrogens with one attached hydrogen (secondary N) is 1. The first-order chi connectivity index (χ1) is 10.7. The van der Waals surface area contributed by atoms with Crippen molar-refractivity contribution in [3.05, 3.63) is 34.8 Å². The van der Waals surface area contributed by atoms with Crippen LogP contribution in [0, 0.1) is 0 Å². The Balaban J connectivity index is 1.90. The summed E-state index contributed by atoms with van der Waals surface area (Å²) in [6.07, 6.45) is 1.63. The summed E-state index contributed by atoms with van der Waals surface area (Å²) in [5.41, 5.74) is 8.67. The summed E-state index contributed by atoms with van der Waals surface area (Å²) >= 11 is 4.48. The number of carbonyl (C=O) groups excluding carboxylic acids is 1. The normalized spacial score (nSPS) is 10.8. The van der Waals surface area contributed by atoms with Crippen LogP contribution in [0.25, 0.3) is 0 Å². The molecule has 9 heteroatoms. The fourth-order valence-electron chi connectivity index (χ4n) is 1.56. The van der Waals surface area contributed by atoms with Crippen molar-refractivity contribution in [2.75, 3.05) is 17.7 Å². The van der Waals surface area contributed by atoms with Gasteiger partial charge in [-0.2, -0.15) is 5.10 Å². The van der Waals surface area contributed by atoms with Crippen LogP contribution in [-0.4, -0.2) is 34.3 Å². The highest BCUT2D eigenvalue weighted by Crippen LogP contribution is 2.16. The largest absolute Gasteiger partial charge is 0.492 e. The number of nitrogens with zero attached hydrogens (tertiary/aromatic N) is 3. The van der Waals surface area contributed by atoms with Gasteiger partial charge in [0.15, 0.2) is 0 Å². The van der Waals surface area contributed by atoms with Gasteiger partial charge in [0.05, 0.1) is 19.2 Å².